The smallest absolute Gasteiger partial charge is 0.323 e. The number of carbonyl (C=O) groups excluding carboxylic acids is 1. The number of nitrogens with one attached hydrogen (secondary N) is 2. The Morgan fingerprint density at radius 2 is 1.44 bits per heavy atom. The molecule has 6 aromatic rings. The van der Waals surface area contributed by atoms with Crippen LogP contribution < -0.4 is 15.4 Å². The van der Waals surface area contributed by atoms with E-state index in [9.17, 15) is 15.0 Å². The van der Waals surface area contributed by atoms with Crippen molar-refractivity contribution in [2.24, 2.45) is 4.99 Å². The number of ether oxygens (including phenoxy) is 1. The molecule has 0 fully saturated rings. The number of benzene rings is 6. The fourth-order valence-corrected chi connectivity index (χ4v) is 5.31. The van der Waals surface area contributed by atoms with Crippen LogP contribution >= 0.6 is 0 Å². The third kappa shape index (κ3) is 6.64. The first kappa shape index (κ1) is 29.4. The van der Waals surface area contributed by atoms with Gasteiger partial charge in [0.05, 0.1) is 12.6 Å². The van der Waals surface area contributed by atoms with Gasteiger partial charge in [0.2, 0.25) is 0 Å². The number of nitrogens with zero attached hydrogens (tertiary/aromatic N) is 1. The first-order valence-electron chi connectivity index (χ1n) is 14.8. The van der Waals surface area contributed by atoms with Gasteiger partial charge in [-0.2, -0.15) is 0 Å². The molecule has 4 N–H and O–H groups in total. The molecule has 0 saturated heterocycles. The van der Waals surface area contributed by atoms with Crippen LogP contribution in [0.4, 0.5) is 16.2 Å². The van der Waals surface area contributed by atoms with Gasteiger partial charge in [0.1, 0.15) is 18.1 Å². The Bertz CT molecular complexity index is 2010. The van der Waals surface area contributed by atoms with Crippen LogP contribution in [0.1, 0.15) is 18.1 Å². The molecule has 1 atom stereocenters. The minimum atomic E-state index is -0.338. The number of aromatic hydroxyl groups is 1. The number of rotatable bonds is 9. The van der Waals surface area contributed by atoms with E-state index in [-0.39, 0.29) is 31.0 Å². The number of phenols is 1. The molecule has 0 saturated carbocycles. The highest BCUT2D eigenvalue weighted by molar-refractivity contribution is 6.12. The van der Waals surface area contributed by atoms with Crippen LogP contribution in [0.2, 0.25) is 0 Å². The van der Waals surface area contributed by atoms with Gasteiger partial charge >= 0.3 is 6.03 Å². The van der Waals surface area contributed by atoms with Crippen LogP contribution in [0, 0.1) is 0 Å². The van der Waals surface area contributed by atoms with Crippen molar-refractivity contribution in [2.75, 3.05) is 17.2 Å². The summed E-state index contributed by atoms with van der Waals surface area (Å²) in [4.78, 5) is 17.0. The summed E-state index contributed by atoms with van der Waals surface area (Å²) < 4.78 is 6.49. The second-order valence-electron chi connectivity index (χ2n) is 10.8. The van der Waals surface area contributed by atoms with Gasteiger partial charge in [-0.15, -0.1) is 0 Å². The van der Waals surface area contributed by atoms with Crippen LogP contribution in [0.15, 0.2) is 126 Å². The highest BCUT2D eigenvalue weighted by Crippen LogP contribution is 2.46. The number of aliphatic hydroxyl groups excluding tert-OH is 1. The third-order valence-electron chi connectivity index (χ3n) is 7.54. The molecule has 224 valence electrons. The van der Waals surface area contributed by atoms with Crippen LogP contribution in [-0.2, 0) is 6.61 Å². The fraction of sp³-hybridized carbons (Fsp3) is 0.105. The third-order valence-corrected chi connectivity index (χ3v) is 7.54. The summed E-state index contributed by atoms with van der Waals surface area (Å²) in [5, 5.41) is 30.7. The Balaban J connectivity index is 1.37. The summed E-state index contributed by atoms with van der Waals surface area (Å²) in [7, 11) is 0. The summed E-state index contributed by atoms with van der Waals surface area (Å²) in [6, 6.07) is 37.9. The lowest BCUT2D eigenvalue weighted by molar-refractivity contribution is 0.262. The minimum Gasteiger partial charge on any atom is -0.507 e. The molecular formula is C38H33N3O4. The molecule has 0 radical (unpaired) electrons. The van der Waals surface area contributed by atoms with Gasteiger partial charge in [-0.25, -0.2) is 4.79 Å². The van der Waals surface area contributed by atoms with Crippen molar-refractivity contribution in [1.82, 2.24) is 0 Å². The summed E-state index contributed by atoms with van der Waals surface area (Å²) >= 11 is 0. The number of urea groups is 1. The van der Waals surface area contributed by atoms with Crippen molar-refractivity contribution >= 4 is 45.2 Å². The maximum atomic E-state index is 12.6. The molecule has 0 aliphatic heterocycles. The molecule has 7 heteroatoms. The van der Waals surface area contributed by atoms with Crippen LogP contribution in [-0.4, -0.2) is 35.1 Å². The number of aliphatic hydroxyl groups is 1. The van der Waals surface area contributed by atoms with E-state index < -0.39 is 0 Å². The standard InChI is InChI=1S/C38H33N3O4/c1-25(23-42)39-22-29-21-28-12-6-8-17-33(28)36(37(29)43)35-32-16-7-5-11-27(32)18-19-34(35)45-24-26-10-9-15-31(20-26)41-38(44)40-30-13-3-2-4-14-30/h2-22,25,42-43H,23-24H2,1H3,(H2,40,41,44)/t25-/m1/s1. The Morgan fingerprint density at radius 1 is 0.778 bits per heavy atom. The van der Waals surface area contributed by atoms with Gasteiger partial charge in [0.15, 0.2) is 0 Å². The predicted molar refractivity (Wildman–Crippen MR) is 183 cm³/mol. The van der Waals surface area contributed by atoms with E-state index in [2.05, 4.69) is 15.6 Å². The van der Waals surface area contributed by atoms with Gasteiger partial charge in [0, 0.05) is 34.3 Å². The van der Waals surface area contributed by atoms with Gasteiger partial charge in [-0.3, -0.25) is 4.99 Å². The number of carbonyl (C=O) groups is 1. The van der Waals surface area contributed by atoms with Gasteiger partial charge < -0.3 is 25.6 Å². The summed E-state index contributed by atoms with van der Waals surface area (Å²) in [5.74, 6) is 0.687. The van der Waals surface area contributed by atoms with Crippen molar-refractivity contribution in [3.8, 4) is 22.6 Å². The number of aliphatic imine (C=N–C) groups is 1. The van der Waals surface area contributed by atoms with Crippen LogP contribution in [0.25, 0.3) is 32.7 Å². The lowest BCUT2D eigenvalue weighted by Crippen LogP contribution is -2.19. The number of amides is 2. The number of anilines is 2. The van der Waals surface area contributed by atoms with E-state index in [1.165, 1.54) is 0 Å². The Hall–Kier alpha value is -5.66. The van der Waals surface area contributed by atoms with E-state index in [0.717, 1.165) is 32.7 Å². The molecule has 0 bridgehead atoms. The Morgan fingerprint density at radius 3 is 2.22 bits per heavy atom. The average molecular weight is 596 g/mol. The van der Waals surface area contributed by atoms with E-state index in [4.69, 9.17) is 4.74 Å². The van der Waals surface area contributed by atoms with Crippen molar-refractivity contribution in [2.45, 2.75) is 19.6 Å². The molecule has 0 aromatic heterocycles. The topological polar surface area (TPSA) is 103 Å². The largest absolute Gasteiger partial charge is 0.507 e. The Kier molecular flexibility index (Phi) is 8.71. The van der Waals surface area contributed by atoms with Crippen molar-refractivity contribution in [3.63, 3.8) is 0 Å². The van der Waals surface area contributed by atoms with Crippen molar-refractivity contribution in [1.29, 1.82) is 0 Å². The average Bonchev–Trinajstić information content (AvgIpc) is 3.07. The molecule has 0 unspecified atom stereocenters. The summed E-state index contributed by atoms with van der Waals surface area (Å²) in [5.41, 5.74) is 4.16. The zero-order chi connectivity index (χ0) is 31.2. The second-order valence-corrected chi connectivity index (χ2v) is 10.8. The summed E-state index contributed by atoms with van der Waals surface area (Å²) in [6.45, 7) is 1.95. The zero-order valence-corrected chi connectivity index (χ0v) is 24.8. The van der Waals surface area contributed by atoms with Gasteiger partial charge in [-0.1, -0.05) is 84.9 Å². The number of hydrogen-bond donors (Lipinski definition) is 4. The SMILES string of the molecule is C[C@H](CO)N=Cc1cc2ccccc2c(-c2c(OCc3cccc(NC(=O)Nc4ccccc4)c3)ccc3ccccc23)c1O. The fourth-order valence-electron chi connectivity index (χ4n) is 5.31. The number of phenolic OH excluding ortho intramolecular Hbond substituents is 1. The van der Waals surface area contributed by atoms with Crippen LogP contribution in [0.5, 0.6) is 11.5 Å². The normalized spacial score (nSPS) is 12.0. The van der Waals surface area contributed by atoms with E-state index in [1.807, 2.05) is 128 Å². The quantitative estimate of drug-likeness (QED) is 0.126. The van der Waals surface area contributed by atoms with Crippen molar-refractivity contribution < 1.29 is 19.7 Å². The molecule has 6 rings (SSSR count). The van der Waals surface area contributed by atoms with Gasteiger partial charge in [0.25, 0.3) is 0 Å². The molecule has 0 aliphatic carbocycles. The molecule has 0 spiro atoms. The molecule has 0 aliphatic rings. The predicted octanol–water partition coefficient (Wildman–Crippen LogP) is 8.39. The summed E-state index contributed by atoms with van der Waals surface area (Å²) in [6.07, 6.45) is 1.62. The highest BCUT2D eigenvalue weighted by Gasteiger charge is 2.20. The molecule has 0 heterocycles. The van der Waals surface area contributed by atoms with E-state index in [1.54, 1.807) is 6.21 Å². The molecule has 45 heavy (non-hydrogen) atoms. The first-order chi connectivity index (χ1) is 22.0. The first-order valence-corrected chi connectivity index (χ1v) is 14.8. The number of hydrogen-bond acceptors (Lipinski definition) is 5. The molecular weight excluding hydrogens is 562 g/mol. The molecule has 7 nitrogen and oxygen atoms in total. The van der Waals surface area contributed by atoms with Crippen molar-refractivity contribution in [3.05, 3.63) is 132 Å². The minimum absolute atomic E-state index is 0.0828. The maximum Gasteiger partial charge on any atom is 0.323 e. The second kappa shape index (κ2) is 13.3. The lowest BCUT2D eigenvalue weighted by atomic mass is 9.90. The van der Waals surface area contributed by atoms with Crippen LogP contribution in [0.3, 0.4) is 0 Å². The molecule has 6 aromatic carbocycles. The number of fused-ring (bicyclic) bond motifs is 2. The molecule has 2 amide bonds. The lowest BCUT2D eigenvalue weighted by Gasteiger charge is -2.19. The Labute approximate surface area is 261 Å². The maximum absolute atomic E-state index is 12.6. The van der Waals surface area contributed by atoms with E-state index >= 15 is 0 Å². The van der Waals surface area contributed by atoms with Gasteiger partial charge in [-0.05, 0) is 70.4 Å². The highest BCUT2D eigenvalue weighted by atomic mass is 16.5. The van der Waals surface area contributed by atoms with E-state index in [0.29, 0.717) is 28.3 Å². The zero-order valence-electron chi connectivity index (χ0n) is 24.8. The number of para-hydroxylation sites is 1. The monoisotopic (exact) mass is 595 g/mol.